The number of nitrogen functional groups attached to an aromatic ring is 1. The summed E-state index contributed by atoms with van der Waals surface area (Å²) >= 11 is 1.36. The number of ether oxygens (including phenoxy) is 2. The first kappa shape index (κ1) is 23.6. The second-order valence-electron chi connectivity index (χ2n) is 6.22. The van der Waals surface area contributed by atoms with E-state index in [4.69, 9.17) is 16.6 Å². The Morgan fingerprint density at radius 3 is 2.19 bits per heavy atom. The van der Waals surface area contributed by atoms with Gasteiger partial charge in [-0.2, -0.15) is 0 Å². The van der Waals surface area contributed by atoms with E-state index in [2.05, 4.69) is 9.47 Å². The van der Waals surface area contributed by atoms with Crippen molar-refractivity contribution in [1.29, 1.82) is 0 Å². The van der Waals surface area contributed by atoms with E-state index in [0.29, 0.717) is 17.0 Å². The number of benzene rings is 1. The van der Waals surface area contributed by atoms with Crippen molar-refractivity contribution in [1.82, 2.24) is 0 Å². The fraction of sp³-hybridized carbons (Fsp3) is 0.471. The third-order valence-corrected chi connectivity index (χ3v) is 3.82. The van der Waals surface area contributed by atoms with Gasteiger partial charge in [-0.1, -0.05) is 0 Å². The van der Waals surface area contributed by atoms with Gasteiger partial charge in [-0.25, -0.2) is 9.59 Å². The minimum absolute atomic E-state index is 0.0713. The highest BCUT2D eigenvalue weighted by atomic mass is 32.2. The molecule has 0 aliphatic rings. The molecule has 1 aromatic carbocycles. The minimum atomic E-state index is -0.844. The second kappa shape index (κ2) is 10.5. The summed E-state index contributed by atoms with van der Waals surface area (Å²) in [6.45, 7) is 7.07. The predicted molar refractivity (Wildman–Crippen MR) is 100 cm³/mol. The maximum atomic E-state index is 11.4. The zero-order chi connectivity index (χ0) is 20.5. The molecule has 0 aliphatic carbocycles. The Labute approximate surface area is 157 Å². The lowest BCUT2D eigenvalue weighted by Gasteiger charge is -2.16. The molecule has 0 heterocycles. The first-order valence-corrected chi connectivity index (χ1v) is 8.67. The summed E-state index contributed by atoms with van der Waals surface area (Å²) in [6, 6.07) is 3.33. The monoisotopic (exact) mass is 386 g/mol. The van der Waals surface area contributed by atoms with E-state index in [1.54, 1.807) is 39.8 Å². The van der Waals surface area contributed by atoms with Crippen molar-refractivity contribution in [2.75, 3.05) is 18.6 Å². The molecule has 8 nitrogen and oxygen atoms in total. The first-order chi connectivity index (χ1) is 11.9. The van der Waals surface area contributed by atoms with Crippen LogP contribution >= 0.6 is 11.8 Å². The molecule has 0 saturated carbocycles. The molecule has 0 aliphatic heterocycles. The molecular weight excluding hydrogens is 360 g/mol. The number of hydrogen-bond acceptors (Lipinski definition) is 7. The van der Waals surface area contributed by atoms with Crippen molar-refractivity contribution in [3.8, 4) is 0 Å². The molecule has 5 N–H and O–H groups in total. The molecule has 0 atom stereocenters. The van der Waals surface area contributed by atoms with Gasteiger partial charge >= 0.3 is 18.0 Å². The molecule has 146 valence electrons. The number of nitrogens with two attached hydrogens (primary N) is 2. The van der Waals surface area contributed by atoms with Gasteiger partial charge in [0, 0.05) is 16.3 Å². The molecule has 0 spiro atoms. The minimum Gasteiger partial charge on any atom is -0.481 e. The molecule has 1 amide bonds. The molecule has 0 saturated heterocycles. The SMILES string of the molecule is CC(C)(C)OC(N)=O.COC(=O)c1cc(N)c(SCCC(=O)O)cc1C. The number of carboxylic acid groups (broad SMARTS) is 1. The van der Waals surface area contributed by atoms with Gasteiger partial charge in [0.2, 0.25) is 0 Å². The van der Waals surface area contributed by atoms with Crippen molar-refractivity contribution >= 4 is 35.5 Å². The highest BCUT2D eigenvalue weighted by molar-refractivity contribution is 7.99. The van der Waals surface area contributed by atoms with Crippen LogP contribution in [0.5, 0.6) is 0 Å². The van der Waals surface area contributed by atoms with Gasteiger partial charge in [0.1, 0.15) is 5.60 Å². The number of aryl methyl sites for hydroxylation is 1. The van der Waals surface area contributed by atoms with Crippen LogP contribution in [0.1, 0.15) is 43.1 Å². The van der Waals surface area contributed by atoms with Crippen molar-refractivity contribution < 1.29 is 29.0 Å². The smallest absolute Gasteiger partial charge is 0.405 e. The summed E-state index contributed by atoms with van der Waals surface area (Å²) in [6.07, 6.45) is -0.653. The number of carbonyl (C=O) groups excluding carboxylic acids is 2. The number of amides is 1. The van der Waals surface area contributed by atoms with Gasteiger partial charge in [-0.05, 0) is 45.4 Å². The van der Waals surface area contributed by atoms with Crippen molar-refractivity contribution in [2.24, 2.45) is 5.73 Å². The second-order valence-corrected chi connectivity index (χ2v) is 7.36. The standard InChI is InChI=1S/C12H15NO4S.C5H11NO2/c1-7-5-10(18-4-3-11(14)15)9(13)6-8(7)12(16)17-2;1-5(2,3)8-4(6)7/h5-6H,3-4,13H2,1-2H3,(H,14,15);1-3H3,(H2,6,7). The van der Waals surface area contributed by atoms with Gasteiger partial charge in [-0.3, -0.25) is 4.79 Å². The van der Waals surface area contributed by atoms with Crippen LogP contribution in [0.2, 0.25) is 0 Å². The number of esters is 1. The summed E-state index contributed by atoms with van der Waals surface area (Å²) < 4.78 is 9.22. The lowest BCUT2D eigenvalue weighted by molar-refractivity contribution is -0.136. The molecule has 0 aromatic heterocycles. The molecule has 0 radical (unpaired) electrons. The number of primary amides is 1. The summed E-state index contributed by atoms with van der Waals surface area (Å²) in [4.78, 5) is 32.7. The van der Waals surface area contributed by atoms with Crippen LogP contribution < -0.4 is 11.5 Å². The van der Waals surface area contributed by atoms with E-state index in [1.165, 1.54) is 18.9 Å². The van der Waals surface area contributed by atoms with Gasteiger partial charge in [0.25, 0.3) is 0 Å². The van der Waals surface area contributed by atoms with E-state index in [0.717, 1.165) is 10.5 Å². The van der Waals surface area contributed by atoms with Gasteiger partial charge in [0.15, 0.2) is 0 Å². The number of carboxylic acids is 1. The molecule has 0 bridgehead atoms. The van der Waals surface area contributed by atoms with E-state index in [1.807, 2.05) is 0 Å². The average molecular weight is 386 g/mol. The van der Waals surface area contributed by atoms with Crippen molar-refractivity contribution in [3.05, 3.63) is 23.3 Å². The van der Waals surface area contributed by atoms with Crippen LogP contribution in [0, 0.1) is 6.92 Å². The highest BCUT2D eigenvalue weighted by Crippen LogP contribution is 2.29. The highest BCUT2D eigenvalue weighted by Gasteiger charge is 2.13. The summed E-state index contributed by atoms with van der Waals surface area (Å²) in [7, 11) is 1.31. The van der Waals surface area contributed by atoms with Crippen LogP contribution in [0.25, 0.3) is 0 Å². The van der Waals surface area contributed by atoms with Crippen LogP contribution in [0.3, 0.4) is 0 Å². The number of thioether (sulfide) groups is 1. The van der Waals surface area contributed by atoms with Gasteiger partial charge in [0.05, 0.1) is 19.1 Å². The molecule has 0 fully saturated rings. The summed E-state index contributed by atoms with van der Waals surface area (Å²) in [5.41, 5.74) is 11.7. The largest absolute Gasteiger partial charge is 0.481 e. The molecule has 1 aromatic rings. The van der Waals surface area contributed by atoms with Gasteiger partial charge < -0.3 is 26.0 Å². The predicted octanol–water partition coefficient (Wildman–Crippen LogP) is 2.81. The molecule has 26 heavy (non-hydrogen) atoms. The number of aliphatic carboxylic acids is 1. The molecule has 0 unspecified atom stereocenters. The summed E-state index contributed by atoms with van der Waals surface area (Å²) in [5, 5.41) is 8.56. The maximum absolute atomic E-state index is 11.4. The molecule has 9 heteroatoms. The zero-order valence-corrected chi connectivity index (χ0v) is 16.4. The third-order valence-electron chi connectivity index (χ3n) is 2.74. The Morgan fingerprint density at radius 2 is 1.81 bits per heavy atom. The topological polar surface area (TPSA) is 142 Å². The van der Waals surface area contributed by atoms with E-state index in [9.17, 15) is 14.4 Å². The molecule has 1 rings (SSSR count). The Hall–Kier alpha value is -2.42. The lowest BCUT2D eigenvalue weighted by atomic mass is 10.1. The first-order valence-electron chi connectivity index (χ1n) is 7.69. The Bertz CT molecular complexity index is 655. The quantitative estimate of drug-likeness (QED) is 0.398. The van der Waals surface area contributed by atoms with E-state index < -0.39 is 23.6 Å². The fourth-order valence-electron chi connectivity index (χ4n) is 1.70. The number of anilines is 1. The van der Waals surface area contributed by atoms with Crippen LogP contribution in [-0.4, -0.2) is 41.6 Å². The third kappa shape index (κ3) is 9.77. The van der Waals surface area contributed by atoms with Crippen LogP contribution in [-0.2, 0) is 14.3 Å². The molecular formula is C17H26N2O6S. The fourth-order valence-corrected chi connectivity index (χ4v) is 2.69. The van der Waals surface area contributed by atoms with Crippen molar-refractivity contribution in [3.63, 3.8) is 0 Å². The number of carbonyl (C=O) groups is 3. The van der Waals surface area contributed by atoms with Gasteiger partial charge in [-0.15, -0.1) is 11.8 Å². The maximum Gasteiger partial charge on any atom is 0.405 e. The number of methoxy groups -OCH3 is 1. The number of rotatable bonds is 5. The average Bonchev–Trinajstić information content (AvgIpc) is 2.47. The zero-order valence-electron chi connectivity index (χ0n) is 15.6. The Balaban J connectivity index is 0.000000660. The van der Waals surface area contributed by atoms with E-state index in [-0.39, 0.29) is 6.42 Å². The summed E-state index contributed by atoms with van der Waals surface area (Å²) in [5.74, 6) is -0.832. The Morgan fingerprint density at radius 1 is 1.23 bits per heavy atom. The van der Waals surface area contributed by atoms with Crippen LogP contribution in [0.4, 0.5) is 10.5 Å². The van der Waals surface area contributed by atoms with Crippen LogP contribution in [0.15, 0.2) is 17.0 Å². The Kier molecular flexibility index (Phi) is 9.56. The van der Waals surface area contributed by atoms with Crippen molar-refractivity contribution in [2.45, 2.75) is 44.6 Å². The van der Waals surface area contributed by atoms with E-state index >= 15 is 0 Å². The lowest BCUT2D eigenvalue weighted by Crippen LogP contribution is -2.27. The number of hydrogen-bond donors (Lipinski definition) is 3. The normalized spacial score (nSPS) is 10.3.